The van der Waals surface area contributed by atoms with E-state index in [0.29, 0.717) is 28.7 Å². The van der Waals surface area contributed by atoms with Crippen LogP contribution in [0, 0.1) is 12.8 Å². The molecule has 1 aliphatic carbocycles. The van der Waals surface area contributed by atoms with Crippen molar-refractivity contribution in [3.05, 3.63) is 100 Å². The molecule has 1 fully saturated rings. The summed E-state index contributed by atoms with van der Waals surface area (Å²) in [6.45, 7) is 2.44. The van der Waals surface area contributed by atoms with Crippen LogP contribution in [0.4, 0.5) is 0 Å². The summed E-state index contributed by atoms with van der Waals surface area (Å²) >= 11 is 6.05. The first-order valence-corrected chi connectivity index (χ1v) is 13.5. The molecule has 2 aromatic carbocycles. The molecule has 1 aliphatic rings. The molecule has 0 aliphatic heterocycles. The molecular formula is C30H28ClN5O3. The van der Waals surface area contributed by atoms with Crippen molar-refractivity contribution in [3.63, 3.8) is 0 Å². The van der Waals surface area contributed by atoms with Crippen LogP contribution in [-0.2, 0) is 6.54 Å². The highest BCUT2D eigenvalue weighted by atomic mass is 35.5. The Morgan fingerprint density at radius 2 is 1.85 bits per heavy atom. The van der Waals surface area contributed by atoms with Crippen molar-refractivity contribution in [3.8, 4) is 16.9 Å². The SMILES string of the molecule is Cc1ncc(Cl)cc1C(=O)NC1CCC(Cn2c(=O)n(-c3cccc(-c4cocn4)c3)c3ccccc32)CC1. The number of oxazole rings is 1. The summed E-state index contributed by atoms with van der Waals surface area (Å²) in [4.78, 5) is 35.1. The molecule has 198 valence electrons. The fraction of sp³-hybridized carbons (Fsp3) is 0.267. The molecule has 0 unspecified atom stereocenters. The van der Waals surface area contributed by atoms with E-state index in [-0.39, 0.29) is 17.6 Å². The van der Waals surface area contributed by atoms with Crippen LogP contribution in [0.25, 0.3) is 28.0 Å². The second-order valence-corrected chi connectivity index (χ2v) is 10.6. The van der Waals surface area contributed by atoms with Gasteiger partial charge in [0, 0.05) is 24.3 Å². The van der Waals surface area contributed by atoms with Gasteiger partial charge in [0.15, 0.2) is 6.39 Å². The molecule has 39 heavy (non-hydrogen) atoms. The number of imidazole rings is 1. The number of aryl methyl sites for hydroxylation is 1. The number of halogens is 1. The molecule has 8 nitrogen and oxygen atoms in total. The van der Waals surface area contributed by atoms with Crippen molar-refractivity contribution in [2.75, 3.05) is 0 Å². The lowest BCUT2D eigenvalue weighted by Crippen LogP contribution is -2.39. The molecule has 6 rings (SSSR count). The third kappa shape index (κ3) is 5.00. The number of para-hydroxylation sites is 2. The second kappa shape index (κ2) is 10.5. The fourth-order valence-electron chi connectivity index (χ4n) is 5.54. The first-order valence-electron chi connectivity index (χ1n) is 13.1. The number of carbonyl (C=O) groups is 1. The van der Waals surface area contributed by atoms with Crippen LogP contribution in [0.3, 0.4) is 0 Å². The van der Waals surface area contributed by atoms with E-state index in [2.05, 4.69) is 15.3 Å². The minimum absolute atomic E-state index is 0.0622. The average molecular weight is 542 g/mol. The van der Waals surface area contributed by atoms with Crippen molar-refractivity contribution in [2.24, 2.45) is 5.92 Å². The monoisotopic (exact) mass is 541 g/mol. The van der Waals surface area contributed by atoms with Gasteiger partial charge in [-0.05, 0) is 68.9 Å². The van der Waals surface area contributed by atoms with Crippen molar-refractivity contribution >= 4 is 28.5 Å². The van der Waals surface area contributed by atoms with Gasteiger partial charge < -0.3 is 9.73 Å². The molecule has 9 heteroatoms. The fourth-order valence-corrected chi connectivity index (χ4v) is 5.70. The van der Waals surface area contributed by atoms with Crippen LogP contribution in [0.1, 0.15) is 41.7 Å². The van der Waals surface area contributed by atoms with Crippen molar-refractivity contribution in [1.29, 1.82) is 0 Å². The van der Waals surface area contributed by atoms with Gasteiger partial charge in [-0.2, -0.15) is 0 Å². The summed E-state index contributed by atoms with van der Waals surface area (Å²) in [7, 11) is 0. The molecule has 0 atom stereocenters. The molecule has 1 saturated carbocycles. The van der Waals surface area contributed by atoms with Gasteiger partial charge in [0.2, 0.25) is 0 Å². The molecular weight excluding hydrogens is 514 g/mol. The van der Waals surface area contributed by atoms with Crippen molar-refractivity contribution in [2.45, 2.75) is 45.2 Å². The van der Waals surface area contributed by atoms with Gasteiger partial charge in [-0.3, -0.25) is 18.9 Å². The zero-order valence-corrected chi connectivity index (χ0v) is 22.3. The van der Waals surface area contributed by atoms with Crippen LogP contribution in [-0.4, -0.2) is 31.1 Å². The van der Waals surface area contributed by atoms with E-state index in [0.717, 1.165) is 53.7 Å². The summed E-state index contributed by atoms with van der Waals surface area (Å²) in [6, 6.07) is 17.4. The van der Waals surface area contributed by atoms with Gasteiger partial charge >= 0.3 is 5.69 Å². The van der Waals surface area contributed by atoms with Crippen LogP contribution >= 0.6 is 11.6 Å². The van der Waals surface area contributed by atoms with Gasteiger partial charge in [-0.1, -0.05) is 35.9 Å². The molecule has 1 N–H and O–H groups in total. The van der Waals surface area contributed by atoms with Gasteiger partial charge in [-0.25, -0.2) is 9.78 Å². The van der Waals surface area contributed by atoms with Crippen LogP contribution < -0.4 is 11.0 Å². The lowest BCUT2D eigenvalue weighted by molar-refractivity contribution is 0.0919. The highest BCUT2D eigenvalue weighted by Crippen LogP contribution is 2.28. The lowest BCUT2D eigenvalue weighted by atomic mass is 9.85. The summed E-state index contributed by atoms with van der Waals surface area (Å²) in [5, 5.41) is 3.60. The number of hydrogen-bond donors (Lipinski definition) is 1. The number of rotatable bonds is 6. The van der Waals surface area contributed by atoms with Gasteiger partial charge in [0.25, 0.3) is 5.91 Å². The zero-order valence-electron chi connectivity index (χ0n) is 21.5. The number of pyridine rings is 1. The van der Waals surface area contributed by atoms with E-state index in [1.54, 1.807) is 30.0 Å². The smallest absolute Gasteiger partial charge is 0.333 e. The Hall–Kier alpha value is -4.17. The van der Waals surface area contributed by atoms with Crippen molar-refractivity contribution in [1.82, 2.24) is 24.4 Å². The number of nitrogens with one attached hydrogen (secondary N) is 1. The Morgan fingerprint density at radius 3 is 2.62 bits per heavy atom. The molecule has 0 saturated heterocycles. The third-order valence-corrected chi connectivity index (χ3v) is 7.80. The maximum atomic E-state index is 13.8. The van der Waals surface area contributed by atoms with Crippen molar-refractivity contribution < 1.29 is 9.21 Å². The van der Waals surface area contributed by atoms with Crippen LogP contribution in [0.2, 0.25) is 5.02 Å². The zero-order chi connectivity index (χ0) is 26.9. The number of benzene rings is 2. The normalized spacial score (nSPS) is 17.4. The largest absolute Gasteiger partial charge is 0.451 e. The minimum Gasteiger partial charge on any atom is -0.451 e. The van der Waals surface area contributed by atoms with E-state index in [9.17, 15) is 9.59 Å². The van der Waals surface area contributed by atoms with Crippen LogP contribution in [0.15, 0.2) is 82.7 Å². The highest BCUT2D eigenvalue weighted by molar-refractivity contribution is 6.30. The maximum Gasteiger partial charge on any atom is 0.333 e. The summed E-state index contributed by atoms with van der Waals surface area (Å²) in [6.07, 6.45) is 8.10. The summed E-state index contributed by atoms with van der Waals surface area (Å²) < 4.78 is 8.80. The highest BCUT2D eigenvalue weighted by Gasteiger charge is 2.26. The third-order valence-electron chi connectivity index (χ3n) is 7.59. The van der Waals surface area contributed by atoms with E-state index in [1.807, 2.05) is 53.1 Å². The number of aromatic nitrogens is 4. The predicted molar refractivity (Wildman–Crippen MR) is 150 cm³/mol. The summed E-state index contributed by atoms with van der Waals surface area (Å²) in [5.41, 5.74) is 5.28. The molecule has 0 bridgehead atoms. The molecule has 1 amide bonds. The molecule has 5 aromatic rings. The Balaban J connectivity index is 1.20. The Bertz CT molecular complexity index is 1700. The first kappa shape index (κ1) is 25.1. The molecule has 3 heterocycles. The van der Waals surface area contributed by atoms with E-state index < -0.39 is 0 Å². The van der Waals surface area contributed by atoms with Gasteiger partial charge in [0.1, 0.15) is 12.0 Å². The Kier molecular flexibility index (Phi) is 6.79. The quantitative estimate of drug-likeness (QED) is 0.293. The van der Waals surface area contributed by atoms with Gasteiger partial charge in [0.05, 0.1) is 33.0 Å². The summed E-state index contributed by atoms with van der Waals surface area (Å²) in [5.74, 6) is 0.198. The second-order valence-electron chi connectivity index (χ2n) is 10.1. The predicted octanol–water partition coefficient (Wildman–Crippen LogP) is 5.79. The average Bonchev–Trinajstić information content (AvgIpc) is 3.58. The number of amides is 1. The number of carbonyl (C=O) groups excluding carboxylic acids is 1. The molecule has 0 spiro atoms. The maximum absolute atomic E-state index is 13.8. The minimum atomic E-state index is -0.141. The van der Waals surface area contributed by atoms with Crippen LogP contribution in [0.5, 0.6) is 0 Å². The Labute approximate surface area is 230 Å². The van der Waals surface area contributed by atoms with E-state index >= 15 is 0 Å². The molecule has 3 aromatic heterocycles. The standard InChI is InChI=1S/C30H28ClN5O3/c1-19-25(14-22(31)15-32-19)29(37)34-23-11-9-20(10-12-23)16-35-27-7-2-3-8-28(27)36(30(35)38)24-6-4-5-21(13-24)26-17-39-18-33-26/h2-8,13-15,17-18,20,23H,9-12,16H2,1H3,(H,34,37). The first-order chi connectivity index (χ1) is 19.0. The topological polar surface area (TPSA) is 95.0 Å². The molecule has 0 radical (unpaired) electrons. The number of hydrogen-bond acceptors (Lipinski definition) is 5. The number of nitrogens with zero attached hydrogens (tertiary/aromatic N) is 4. The van der Waals surface area contributed by atoms with Gasteiger partial charge in [-0.15, -0.1) is 0 Å². The van der Waals surface area contributed by atoms with E-state index in [1.165, 1.54) is 6.39 Å². The number of fused-ring (bicyclic) bond motifs is 1. The Morgan fingerprint density at radius 1 is 1.05 bits per heavy atom. The lowest BCUT2D eigenvalue weighted by Gasteiger charge is -2.29. The van der Waals surface area contributed by atoms with E-state index in [4.69, 9.17) is 16.0 Å².